The van der Waals surface area contributed by atoms with Gasteiger partial charge in [0.2, 0.25) is 0 Å². The van der Waals surface area contributed by atoms with Gasteiger partial charge in [0.15, 0.2) is 0 Å². The highest BCUT2D eigenvalue weighted by Gasteiger charge is 2.25. The van der Waals surface area contributed by atoms with Gasteiger partial charge < -0.3 is 16.9 Å². The van der Waals surface area contributed by atoms with Crippen molar-refractivity contribution in [1.82, 2.24) is 0 Å². The lowest BCUT2D eigenvalue weighted by molar-refractivity contribution is -0.932. The van der Waals surface area contributed by atoms with Gasteiger partial charge in [-0.05, 0) is 6.92 Å². The summed E-state index contributed by atoms with van der Waals surface area (Å²) in [5.74, 6) is 0. The average molecular weight is 276 g/mol. The molecule has 19 heavy (non-hydrogen) atoms. The Hall–Kier alpha value is -1.31. The van der Waals surface area contributed by atoms with Crippen LogP contribution in [-0.4, -0.2) is 18.6 Å². The van der Waals surface area contributed by atoms with Crippen LogP contribution in [0, 0.1) is 0 Å². The van der Waals surface area contributed by atoms with Crippen LogP contribution in [0.1, 0.15) is 24.1 Å². The smallest absolute Gasteiger partial charge is 0.112 e. The molecule has 0 heterocycles. The summed E-state index contributed by atoms with van der Waals surface area (Å²) in [4.78, 5) is 0. The van der Waals surface area contributed by atoms with E-state index in [-0.39, 0.29) is 12.4 Å². The van der Waals surface area contributed by atoms with Crippen molar-refractivity contribution in [3.8, 4) is 0 Å². The number of benzene rings is 2. The van der Waals surface area contributed by atoms with Crippen molar-refractivity contribution >= 4 is 0 Å². The molecule has 0 aromatic heterocycles. The molecule has 0 aliphatic heterocycles. The van der Waals surface area contributed by atoms with Crippen molar-refractivity contribution in [2.75, 3.05) is 14.1 Å². The molecule has 0 saturated heterocycles. The highest BCUT2D eigenvalue weighted by Crippen LogP contribution is 2.26. The van der Waals surface area contributed by atoms with Gasteiger partial charge in [-0.3, -0.25) is 0 Å². The molecule has 2 heteroatoms. The Morgan fingerprint density at radius 3 is 1.84 bits per heavy atom. The molecule has 1 unspecified atom stereocenters. The fraction of sp³-hybridized carbons (Fsp3) is 0.294. The van der Waals surface area contributed by atoms with Crippen LogP contribution < -0.4 is 12.4 Å². The summed E-state index contributed by atoms with van der Waals surface area (Å²) >= 11 is 0. The van der Waals surface area contributed by atoms with Gasteiger partial charge in [-0.15, -0.1) is 0 Å². The Balaban J connectivity index is 0.00000180. The molecular formula is C17H22ClN. The lowest BCUT2D eigenvalue weighted by Crippen LogP contribution is -3.00. The van der Waals surface area contributed by atoms with Gasteiger partial charge >= 0.3 is 0 Å². The van der Waals surface area contributed by atoms with E-state index in [1.165, 1.54) is 11.1 Å². The zero-order valence-electron chi connectivity index (χ0n) is 11.9. The highest BCUT2D eigenvalue weighted by molar-refractivity contribution is 5.17. The van der Waals surface area contributed by atoms with Gasteiger partial charge in [-0.1, -0.05) is 60.7 Å². The van der Waals surface area contributed by atoms with E-state index in [1.54, 1.807) is 0 Å². The molecule has 2 aromatic carbocycles. The monoisotopic (exact) mass is 275 g/mol. The van der Waals surface area contributed by atoms with Crippen molar-refractivity contribution in [3.63, 3.8) is 0 Å². The van der Waals surface area contributed by atoms with E-state index >= 15 is 0 Å². The quantitative estimate of drug-likeness (QED) is 0.731. The first-order valence-electron chi connectivity index (χ1n) is 6.51. The van der Waals surface area contributed by atoms with Crippen LogP contribution >= 0.6 is 0 Å². The molecule has 0 spiro atoms. The van der Waals surface area contributed by atoms with Gasteiger partial charge in [0, 0.05) is 11.1 Å². The first-order chi connectivity index (χ1) is 8.59. The third-order valence-electron chi connectivity index (χ3n) is 3.76. The van der Waals surface area contributed by atoms with Crippen LogP contribution in [0.4, 0.5) is 0 Å². The molecule has 0 amide bonds. The fourth-order valence-corrected chi connectivity index (χ4v) is 2.33. The zero-order valence-corrected chi connectivity index (χ0v) is 12.6. The first kappa shape index (κ1) is 15.7. The topological polar surface area (TPSA) is 0 Å². The minimum absolute atomic E-state index is 0. The van der Waals surface area contributed by atoms with Gasteiger partial charge in [-0.2, -0.15) is 0 Å². The molecule has 102 valence electrons. The van der Waals surface area contributed by atoms with Gasteiger partial charge in [0.25, 0.3) is 0 Å². The predicted molar refractivity (Wildman–Crippen MR) is 77.1 cm³/mol. The van der Waals surface area contributed by atoms with Crippen LogP contribution in [0.3, 0.4) is 0 Å². The summed E-state index contributed by atoms with van der Waals surface area (Å²) < 4.78 is 0.966. The standard InChI is InChI=1S/C17H22N.ClH/c1-15(17-12-8-5-9-13-17)18(2,3)14-16-10-6-4-7-11-16;/h4-13,15H,14H2,1-3H3;1H/q+1;/p-1. The predicted octanol–water partition coefficient (Wildman–Crippen LogP) is 1.03. The van der Waals surface area contributed by atoms with Crippen LogP contribution in [-0.2, 0) is 6.54 Å². The lowest BCUT2D eigenvalue weighted by Gasteiger charge is -2.36. The van der Waals surface area contributed by atoms with Gasteiger partial charge in [-0.25, -0.2) is 0 Å². The largest absolute Gasteiger partial charge is 1.00 e. The first-order valence-corrected chi connectivity index (χ1v) is 6.51. The van der Waals surface area contributed by atoms with Crippen LogP contribution in [0.25, 0.3) is 0 Å². The third-order valence-corrected chi connectivity index (χ3v) is 3.76. The Morgan fingerprint density at radius 2 is 1.32 bits per heavy atom. The normalized spacial score (nSPS) is 12.6. The number of nitrogens with zero attached hydrogens (tertiary/aromatic N) is 1. The van der Waals surface area contributed by atoms with Crippen molar-refractivity contribution < 1.29 is 16.9 Å². The van der Waals surface area contributed by atoms with Crippen molar-refractivity contribution in [3.05, 3.63) is 71.8 Å². The molecule has 0 aliphatic carbocycles. The molecule has 1 nitrogen and oxygen atoms in total. The maximum atomic E-state index is 2.30. The summed E-state index contributed by atoms with van der Waals surface area (Å²) in [7, 11) is 4.59. The molecule has 0 fully saturated rings. The molecule has 2 aromatic rings. The van der Waals surface area contributed by atoms with E-state index in [1.807, 2.05) is 0 Å². The van der Waals surface area contributed by atoms with Crippen LogP contribution in [0.5, 0.6) is 0 Å². The fourth-order valence-electron chi connectivity index (χ4n) is 2.33. The number of halogens is 1. The Labute approximate surface area is 122 Å². The molecule has 0 aliphatic rings. The molecule has 2 rings (SSSR count). The molecule has 0 saturated carbocycles. The third kappa shape index (κ3) is 4.09. The molecular weight excluding hydrogens is 254 g/mol. The van der Waals surface area contributed by atoms with E-state index in [0.717, 1.165) is 11.0 Å². The molecule has 1 atom stereocenters. The van der Waals surface area contributed by atoms with E-state index in [4.69, 9.17) is 0 Å². The summed E-state index contributed by atoms with van der Waals surface area (Å²) in [5.41, 5.74) is 2.80. The maximum Gasteiger partial charge on any atom is 0.112 e. The van der Waals surface area contributed by atoms with Gasteiger partial charge in [0.05, 0.1) is 14.1 Å². The second-order valence-corrected chi connectivity index (χ2v) is 5.51. The van der Waals surface area contributed by atoms with Crippen LogP contribution in [0.15, 0.2) is 60.7 Å². The second kappa shape index (κ2) is 6.74. The lowest BCUT2D eigenvalue weighted by atomic mass is 10.0. The van der Waals surface area contributed by atoms with E-state index in [2.05, 4.69) is 81.7 Å². The summed E-state index contributed by atoms with van der Waals surface area (Å²) in [5, 5.41) is 0. The molecule has 0 N–H and O–H groups in total. The SMILES string of the molecule is CC(c1ccccc1)[N+](C)(C)Cc1ccccc1.[Cl-]. The minimum Gasteiger partial charge on any atom is -1.00 e. The number of hydrogen-bond acceptors (Lipinski definition) is 0. The van der Waals surface area contributed by atoms with Crippen molar-refractivity contribution in [2.45, 2.75) is 19.5 Å². The Bertz CT molecular complexity index is 479. The number of hydrogen-bond donors (Lipinski definition) is 0. The summed E-state index contributed by atoms with van der Waals surface area (Å²) in [6.07, 6.45) is 0. The second-order valence-electron chi connectivity index (χ2n) is 5.51. The maximum absolute atomic E-state index is 2.30. The Kier molecular flexibility index (Phi) is 5.59. The molecule has 0 bridgehead atoms. The van der Waals surface area contributed by atoms with E-state index in [0.29, 0.717) is 6.04 Å². The van der Waals surface area contributed by atoms with E-state index < -0.39 is 0 Å². The van der Waals surface area contributed by atoms with Crippen LogP contribution in [0.2, 0.25) is 0 Å². The van der Waals surface area contributed by atoms with Crippen molar-refractivity contribution in [1.29, 1.82) is 0 Å². The van der Waals surface area contributed by atoms with Crippen molar-refractivity contribution in [2.24, 2.45) is 0 Å². The molecule has 0 radical (unpaired) electrons. The Morgan fingerprint density at radius 1 is 0.842 bits per heavy atom. The minimum atomic E-state index is 0. The number of quaternary nitrogens is 1. The zero-order chi connectivity index (χ0) is 13.0. The number of rotatable bonds is 4. The summed E-state index contributed by atoms with van der Waals surface area (Å²) in [6.45, 7) is 3.36. The summed E-state index contributed by atoms with van der Waals surface area (Å²) in [6, 6.07) is 22.0. The highest BCUT2D eigenvalue weighted by atomic mass is 35.5. The van der Waals surface area contributed by atoms with Gasteiger partial charge in [0.1, 0.15) is 12.6 Å². The average Bonchev–Trinajstić information content (AvgIpc) is 2.39. The van der Waals surface area contributed by atoms with E-state index in [9.17, 15) is 0 Å².